The van der Waals surface area contributed by atoms with Gasteiger partial charge >= 0.3 is 6.03 Å². The SMILES string of the molecule is CS(=O)(=O)[C@@H]1CCN(C(=O)NCCc2cccc([N+](=O)[O-])c2)C1. The molecular weight excluding hydrogens is 322 g/mol. The molecule has 0 spiro atoms. The van der Waals surface area contributed by atoms with Gasteiger partial charge in [-0.3, -0.25) is 10.1 Å². The fourth-order valence-corrected chi connectivity index (χ4v) is 3.50. The van der Waals surface area contributed by atoms with Gasteiger partial charge in [0.1, 0.15) is 0 Å². The van der Waals surface area contributed by atoms with E-state index in [4.69, 9.17) is 0 Å². The van der Waals surface area contributed by atoms with Crippen LogP contribution in [0.15, 0.2) is 24.3 Å². The lowest BCUT2D eigenvalue weighted by molar-refractivity contribution is -0.384. The van der Waals surface area contributed by atoms with Gasteiger partial charge < -0.3 is 10.2 Å². The van der Waals surface area contributed by atoms with E-state index in [9.17, 15) is 23.3 Å². The van der Waals surface area contributed by atoms with Crippen molar-refractivity contribution in [3.05, 3.63) is 39.9 Å². The van der Waals surface area contributed by atoms with Gasteiger partial charge in [0.25, 0.3) is 5.69 Å². The summed E-state index contributed by atoms with van der Waals surface area (Å²) in [5, 5.41) is 12.9. The monoisotopic (exact) mass is 341 g/mol. The third-order valence-electron chi connectivity index (χ3n) is 3.85. The number of amides is 2. The molecule has 0 bridgehead atoms. The number of nitro benzene ring substituents is 1. The average molecular weight is 341 g/mol. The van der Waals surface area contributed by atoms with Gasteiger partial charge in [0.05, 0.1) is 10.2 Å². The van der Waals surface area contributed by atoms with Crippen molar-refractivity contribution >= 4 is 21.6 Å². The molecule has 1 aliphatic rings. The fraction of sp³-hybridized carbons (Fsp3) is 0.500. The van der Waals surface area contributed by atoms with Gasteiger partial charge in [-0.15, -0.1) is 0 Å². The Morgan fingerprint density at radius 2 is 2.22 bits per heavy atom. The molecule has 1 aliphatic heterocycles. The van der Waals surface area contributed by atoms with Gasteiger partial charge in [-0.25, -0.2) is 13.2 Å². The lowest BCUT2D eigenvalue weighted by atomic mass is 10.1. The Kier molecular flexibility index (Phi) is 5.19. The lowest BCUT2D eigenvalue weighted by Crippen LogP contribution is -2.40. The van der Waals surface area contributed by atoms with E-state index in [2.05, 4.69) is 5.32 Å². The second-order valence-corrected chi connectivity index (χ2v) is 7.92. The number of urea groups is 1. The van der Waals surface area contributed by atoms with Crippen LogP contribution in [0, 0.1) is 10.1 Å². The summed E-state index contributed by atoms with van der Waals surface area (Å²) in [5.74, 6) is 0. The Morgan fingerprint density at radius 3 is 2.83 bits per heavy atom. The first-order valence-corrected chi connectivity index (χ1v) is 9.18. The van der Waals surface area contributed by atoms with E-state index in [0.29, 0.717) is 25.9 Å². The highest BCUT2D eigenvalue weighted by molar-refractivity contribution is 7.91. The van der Waals surface area contributed by atoms with E-state index >= 15 is 0 Å². The van der Waals surface area contributed by atoms with Crippen molar-refractivity contribution in [2.75, 3.05) is 25.9 Å². The van der Waals surface area contributed by atoms with E-state index in [-0.39, 0.29) is 18.3 Å². The predicted molar refractivity (Wildman–Crippen MR) is 85.0 cm³/mol. The number of carbonyl (C=O) groups excluding carboxylic acids is 1. The number of nitro groups is 1. The molecule has 1 aromatic rings. The Balaban J connectivity index is 1.82. The van der Waals surface area contributed by atoms with Crippen molar-refractivity contribution in [1.29, 1.82) is 0 Å². The zero-order valence-corrected chi connectivity index (χ0v) is 13.6. The Morgan fingerprint density at radius 1 is 1.48 bits per heavy atom. The largest absolute Gasteiger partial charge is 0.338 e. The molecule has 0 unspecified atom stereocenters. The van der Waals surface area contributed by atoms with Gasteiger partial charge in [-0.2, -0.15) is 0 Å². The number of carbonyl (C=O) groups is 1. The zero-order chi connectivity index (χ0) is 17.0. The maximum absolute atomic E-state index is 12.0. The summed E-state index contributed by atoms with van der Waals surface area (Å²) >= 11 is 0. The van der Waals surface area contributed by atoms with Gasteiger partial charge in [0, 0.05) is 38.0 Å². The van der Waals surface area contributed by atoms with Crippen LogP contribution in [0.5, 0.6) is 0 Å². The summed E-state index contributed by atoms with van der Waals surface area (Å²) in [6.07, 6.45) is 2.11. The van der Waals surface area contributed by atoms with Crippen molar-refractivity contribution in [3.8, 4) is 0 Å². The highest BCUT2D eigenvalue weighted by Gasteiger charge is 2.32. The minimum absolute atomic E-state index is 0.0179. The third-order valence-corrected chi connectivity index (χ3v) is 5.44. The molecule has 1 N–H and O–H groups in total. The van der Waals surface area contributed by atoms with E-state index in [1.54, 1.807) is 12.1 Å². The molecule has 1 saturated heterocycles. The number of hydrogen-bond donors (Lipinski definition) is 1. The highest BCUT2D eigenvalue weighted by atomic mass is 32.2. The number of sulfone groups is 1. The summed E-state index contributed by atoms with van der Waals surface area (Å²) in [5.41, 5.74) is 0.777. The maximum Gasteiger partial charge on any atom is 0.317 e. The molecule has 0 aliphatic carbocycles. The molecule has 9 heteroatoms. The number of non-ortho nitro benzene ring substituents is 1. The fourth-order valence-electron chi connectivity index (χ4n) is 2.51. The molecule has 0 saturated carbocycles. The van der Waals surface area contributed by atoms with E-state index in [0.717, 1.165) is 5.56 Å². The molecule has 23 heavy (non-hydrogen) atoms. The molecule has 8 nitrogen and oxygen atoms in total. The number of hydrogen-bond acceptors (Lipinski definition) is 5. The normalized spacial score (nSPS) is 18.0. The van der Waals surface area contributed by atoms with Gasteiger partial charge in [0.15, 0.2) is 9.84 Å². The van der Waals surface area contributed by atoms with Crippen LogP contribution in [0.3, 0.4) is 0 Å². The molecule has 1 fully saturated rings. The first-order chi connectivity index (χ1) is 10.8. The van der Waals surface area contributed by atoms with Gasteiger partial charge in [0.2, 0.25) is 0 Å². The minimum atomic E-state index is -3.13. The zero-order valence-electron chi connectivity index (χ0n) is 12.8. The number of likely N-dealkylation sites (tertiary alicyclic amines) is 1. The Bertz CT molecular complexity index is 704. The summed E-state index contributed by atoms with van der Waals surface area (Å²) in [4.78, 5) is 23.7. The van der Waals surface area contributed by atoms with Crippen LogP contribution < -0.4 is 5.32 Å². The van der Waals surface area contributed by atoms with Gasteiger partial charge in [-0.1, -0.05) is 12.1 Å². The molecule has 0 radical (unpaired) electrons. The molecule has 1 atom stereocenters. The van der Waals surface area contributed by atoms with Crippen molar-refractivity contribution in [2.45, 2.75) is 18.1 Å². The van der Waals surface area contributed by atoms with E-state index in [1.165, 1.54) is 23.3 Å². The van der Waals surface area contributed by atoms with Crippen LogP contribution in [-0.4, -0.2) is 55.4 Å². The van der Waals surface area contributed by atoms with Crippen LogP contribution in [0.1, 0.15) is 12.0 Å². The number of nitrogens with one attached hydrogen (secondary N) is 1. The van der Waals surface area contributed by atoms with Crippen LogP contribution >= 0.6 is 0 Å². The van der Waals surface area contributed by atoms with E-state index in [1.807, 2.05) is 0 Å². The standard InChI is InChI=1S/C14H19N3O5S/c1-23(21,22)13-6-8-16(10-13)14(18)15-7-5-11-3-2-4-12(9-11)17(19)20/h2-4,9,13H,5-8,10H2,1H3,(H,15,18)/t13-/m1/s1. The summed E-state index contributed by atoms with van der Waals surface area (Å²) in [7, 11) is -3.13. The van der Waals surface area contributed by atoms with Crippen molar-refractivity contribution in [3.63, 3.8) is 0 Å². The predicted octanol–water partition coefficient (Wildman–Crippen LogP) is 0.966. The van der Waals surface area contributed by atoms with Crippen LogP contribution in [0.2, 0.25) is 0 Å². The maximum atomic E-state index is 12.0. The molecule has 1 aromatic carbocycles. The highest BCUT2D eigenvalue weighted by Crippen LogP contribution is 2.16. The molecule has 0 aromatic heterocycles. The first-order valence-electron chi connectivity index (χ1n) is 7.22. The van der Waals surface area contributed by atoms with Crippen LogP contribution in [0.25, 0.3) is 0 Å². The van der Waals surface area contributed by atoms with E-state index < -0.39 is 20.0 Å². The molecular formula is C14H19N3O5S. The lowest BCUT2D eigenvalue weighted by Gasteiger charge is -2.17. The van der Waals surface area contributed by atoms with Crippen molar-refractivity contribution in [2.24, 2.45) is 0 Å². The van der Waals surface area contributed by atoms with Crippen molar-refractivity contribution in [1.82, 2.24) is 10.2 Å². The Labute approximate surface area is 134 Å². The molecule has 126 valence electrons. The first kappa shape index (κ1) is 17.2. The van der Waals surface area contributed by atoms with Gasteiger partial charge in [-0.05, 0) is 18.4 Å². The summed E-state index contributed by atoms with van der Waals surface area (Å²) in [6.45, 7) is 0.960. The summed E-state index contributed by atoms with van der Waals surface area (Å²) in [6, 6.07) is 5.95. The smallest absolute Gasteiger partial charge is 0.317 e. The minimum Gasteiger partial charge on any atom is -0.338 e. The van der Waals surface area contributed by atoms with Crippen LogP contribution in [0.4, 0.5) is 10.5 Å². The second kappa shape index (κ2) is 6.95. The second-order valence-electron chi connectivity index (χ2n) is 5.60. The number of rotatable bonds is 5. The number of benzene rings is 1. The topological polar surface area (TPSA) is 110 Å². The average Bonchev–Trinajstić information content (AvgIpc) is 2.97. The third kappa shape index (κ3) is 4.65. The quantitative estimate of drug-likeness (QED) is 0.634. The molecule has 2 rings (SSSR count). The number of nitrogens with zero attached hydrogens (tertiary/aromatic N) is 2. The molecule has 1 heterocycles. The van der Waals surface area contributed by atoms with Crippen LogP contribution in [-0.2, 0) is 16.3 Å². The summed E-state index contributed by atoms with van der Waals surface area (Å²) < 4.78 is 22.9. The molecule has 2 amide bonds. The Hall–Kier alpha value is -2.16. The van der Waals surface area contributed by atoms with Crippen molar-refractivity contribution < 1.29 is 18.1 Å².